The summed E-state index contributed by atoms with van der Waals surface area (Å²) in [6.45, 7) is 7.81. The minimum Gasteiger partial charge on any atom is -0.313 e. The molecule has 1 aliphatic heterocycles. The highest BCUT2D eigenvalue weighted by molar-refractivity contribution is 4.80. The van der Waals surface area contributed by atoms with Crippen LogP contribution in [-0.4, -0.2) is 24.7 Å². The van der Waals surface area contributed by atoms with Crippen molar-refractivity contribution in [3.05, 3.63) is 0 Å². The summed E-state index contributed by atoms with van der Waals surface area (Å²) in [7, 11) is 0. The van der Waals surface area contributed by atoms with Crippen molar-refractivity contribution in [2.24, 2.45) is 0 Å². The second-order valence-electron chi connectivity index (χ2n) is 3.90. The smallest absolute Gasteiger partial charge is 0.0195 e. The van der Waals surface area contributed by atoms with Gasteiger partial charge in [-0.15, -0.1) is 0 Å². The van der Waals surface area contributed by atoms with Crippen LogP contribution in [0.3, 0.4) is 0 Å². The molecule has 1 aliphatic rings. The molecule has 0 bridgehead atoms. The first-order valence-electron chi connectivity index (χ1n) is 4.68. The predicted octanol–water partition coefficient (Wildman–Crippen LogP) is 1.12. The molecule has 0 aromatic carbocycles. The van der Waals surface area contributed by atoms with Crippen LogP contribution in [0.1, 0.15) is 33.6 Å². The van der Waals surface area contributed by atoms with Crippen LogP contribution >= 0.6 is 0 Å². The molecule has 11 heavy (non-hydrogen) atoms. The third kappa shape index (κ3) is 3.21. The molecule has 0 radical (unpaired) electrons. The van der Waals surface area contributed by atoms with Gasteiger partial charge in [0.25, 0.3) is 0 Å². The number of piperidine rings is 1. The Hall–Kier alpha value is -0.0800. The second kappa shape index (κ2) is 4.07. The molecule has 1 saturated heterocycles. The average Bonchev–Trinajstić information content (AvgIpc) is 1.93. The van der Waals surface area contributed by atoms with Crippen molar-refractivity contribution in [1.82, 2.24) is 10.6 Å². The fraction of sp³-hybridized carbons (Fsp3) is 1.00. The molecule has 0 aliphatic carbocycles. The van der Waals surface area contributed by atoms with Crippen molar-refractivity contribution in [3.63, 3.8) is 0 Å². The van der Waals surface area contributed by atoms with Gasteiger partial charge in [-0.05, 0) is 19.8 Å². The summed E-state index contributed by atoms with van der Waals surface area (Å²) >= 11 is 0. The molecule has 0 saturated carbocycles. The van der Waals surface area contributed by atoms with Gasteiger partial charge in [0.15, 0.2) is 0 Å². The van der Waals surface area contributed by atoms with Crippen LogP contribution in [0.2, 0.25) is 0 Å². The summed E-state index contributed by atoms with van der Waals surface area (Å²) in [5.41, 5.74) is 0. The molecule has 0 aromatic heterocycles. The van der Waals surface area contributed by atoms with Gasteiger partial charge in [-0.3, -0.25) is 0 Å². The van der Waals surface area contributed by atoms with Gasteiger partial charge >= 0.3 is 0 Å². The zero-order valence-corrected chi connectivity index (χ0v) is 7.85. The lowest BCUT2D eigenvalue weighted by Gasteiger charge is -2.29. The van der Waals surface area contributed by atoms with Gasteiger partial charge in [0.1, 0.15) is 0 Å². The number of rotatable bonds is 2. The van der Waals surface area contributed by atoms with Gasteiger partial charge in [0.2, 0.25) is 0 Å². The topological polar surface area (TPSA) is 24.1 Å². The molecule has 0 amide bonds. The number of nitrogens with one attached hydrogen (secondary N) is 2. The summed E-state index contributed by atoms with van der Waals surface area (Å²) in [5.74, 6) is 0. The molecule has 1 rings (SSSR count). The summed E-state index contributed by atoms with van der Waals surface area (Å²) in [4.78, 5) is 0. The second-order valence-corrected chi connectivity index (χ2v) is 3.90. The van der Waals surface area contributed by atoms with Crippen molar-refractivity contribution in [2.75, 3.05) is 6.54 Å². The zero-order chi connectivity index (χ0) is 8.27. The summed E-state index contributed by atoms with van der Waals surface area (Å²) < 4.78 is 0. The standard InChI is InChI=1S/C9H20N2/c1-7(2)11-9-5-4-8(3)10-6-9/h7-11H,4-6H2,1-3H3. The van der Waals surface area contributed by atoms with E-state index in [1.54, 1.807) is 0 Å². The average molecular weight is 156 g/mol. The SMILES string of the molecule is CC(C)NC1CCC(C)NC1. The highest BCUT2D eigenvalue weighted by Gasteiger charge is 2.16. The fourth-order valence-electron chi connectivity index (χ4n) is 1.61. The molecule has 2 unspecified atom stereocenters. The van der Waals surface area contributed by atoms with E-state index in [9.17, 15) is 0 Å². The fourth-order valence-corrected chi connectivity index (χ4v) is 1.61. The molecule has 2 N–H and O–H groups in total. The first-order valence-corrected chi connectivity index (χ1v) is 4.68. The van der Waals surface area contributed by atoms with Crippen molar-refractivity contribution in [1.29, 1.82) is 0 Å². The first-order chi connectivity index (χ1) is 5.18. The van der Waals surface area contributed by atoms with Crippen LogP contribution in [0.15, 0.2) is 0 Å². The van der Waals surface area contributed by atoms with E-state index < -0.39 is 0 Å². The highest BCUT2D eigenvalue weighted by atomic mass is 15.0. The normalized spacial score (nSPS) is 32.7. The van der Waals surface area contributed by atoms with Crippen LogP contribution in [0.25, 0.3) is 0 Å². The van der Waals surface area contributed by atoms with Gasteiger partial charge in [-0.25, -0.2) is 0 Å². The molecule has 1 fully saturated rings. The molecular formula is C9H20N2. The van der Waals surface area contributed by atoms with Gasteiger partial charge in [-0.1, -0.05) is 13.8 Å². The van der Waals surface area contributed by atoms with Crippen LogP contribution in [0.4, 0.5) is 0 Å². The molecule has 0 aromatic rings. The third-order valence-corrected chi connectivity index (χ3v) is 2.23. The van der Waals surface area contributed by atoms with Crippen molar-refractivity contribution >= 4 is 0 Å². The minimum atomic E-state index is 0.621. The zero-order valence-electron chi connectivity index (χ0n) is 7.85. The molecular weight excluding hydrogens is 136 g/mol. The van der Waals surface area contributed by atoms with Crippen molar-refractivity contribution < 1.29 is 0 Å². The Morgan fingerprint density at radius 3 is 2.55 bits per heavy atom. The maximum absolute atomic E-state index is 3.54. The van der Waals surface area contributed by atoms with E-state index in [1.165, 1.54) is 12.8 Å². The van der Waals surface area contributed by atoms with E-state index in [4.69, 9.17) is 0 Å². The summed E-state index contributed by atoms with van der Waals surface area (Å²) in [6.07, 6.45) is 2.64. The maximum atomic E-state index is 3.54. The monoisotopic (exact) mass is 156 g/mol. The Morgan fingerprint density at radius 1 is 1.36 bits per heavy atom. The molecule has 66 valence electrons. The van der Waals surface area contributed by atoms with E-state index >= 15 is 0 Å². The lowest BCUT2D eigenvalue weighted by Crippen LogP contribution is -2.48. The predicted molar refractivity (Wildman–Crippen MR) is 48.8 cm³/mol. The summed E-state index contributed by atoms with van der Waals surface area (Å²) in [6, 6.07) is 2.04. The van der Waals surface area contributed by atoms with Gasteiger partial charge in [0, 0.05) is 24.7 Å². The van der Waals surface area contributed by atoms with Gasteiger partial charge < -0.3 is 10.6 Å². The molecule has 2 heteroatoms. The first kappa shape index (κ1) is 9.01. The number of hydrogen-bond donors (Lipinski definition) is 2. The third-order valence-electron chi connectivity index (χ3n) is 2.23. The van der Waals surface area contributed by atoms with E-state index in [2.05, 4.69) is 31.4 Å². The molecule has 2 atom stereocenters. The molecule has 0 spiro atoms. The summed E-state index contributed by atoms with van der Waals surface area (Å²) in [5, 5.41) is 7.01. The van der Waals surface area contributed by atoms with Gasteiger partial charge in [0.05, 0.1) is 0 Å². The van der Waals surface area contributed by atoms with E-state index in [0.29, 0.717) is 12.1 Å². The lowest BCUT2D eigenvalue weighted by atomic mass is 10.0. The van der Waals surface area contributed by atoms with Crippen LogP contribution in [0.5, 0.6) is 0 Å². The largest absolute Gasteiger partial charge is 0.313 e. The van der Waals surface area contributed by atoms with E-state index in [1.807, 2.05) is 0 Å². The Balaban J connectivity index is 2.17. The Labute approximate surface area is 69.8 Å². The highest BCUT2D eigenvalue weighted by Crippen LogP contribution is 2.07. The minimum absolute atomic E-state index is 0.621. The van der Waals surface area contributed by atoms with E-state index in [-0.39, 0.29) is 0 Å². The Bertz CT molecular complexity index is 104. The number of hydrogen-bond acceptors (Lipinski definition) is 2. The molecule has 2 nitrogen and oxygen atoms in total. The Kier molecular flexibility index (Phi) is 3.34. The van der Waals surface area contributed by atoms with Crippen LogP contribution in [-0.2, 0) is 0 Å². The van der Waals surface area contributed by atoms with Crippen LogP contribution < -0.4 is 10.6 Å². The van der Waals surface area contributed by atoms with Crippen LogP contribution in [0, 0.1) is 0 Å². The van der Waals surface area contributed by atoms with Gasteiger partial charge in [-0.2, -0.15) is 0 Å². The quantitative estimate of drug-likeness (QED) is 0.626. The van der Waals surface area contributed by atoms with Crippen molar-refractivity contribution in [2.45, 2.75) is 51.7 Å². The maximum Gasteiger partial charge on any atom is 0.0195 e. The Morgan fingerprint density at radius 2 is 2.09 bits per heavy atom. The van der Waals surface area contributed by atoms with E-state index in [0.717, 1.165) is 12.6 Å². The molecule has 1 heterocycles. The lowest BCUT2D eigenvalue weighted by molar-refractivity contribution is 0.323. The van der Waals surface area contributed by atoms with Crippen molar-refractivity contribution in [3.8, 4) is 0 Å².